The highest BCUT2D eigenvalue weighted by atomic mass is 16.5. The van der Waals surface area contributed by atoms with Crippen molar-refractivity contribution in [3.63, 3.8) is 0 Å². The summed E-state index contributed by atoms with van der Waals surface area (Å²) in [5.74, 6) is -0.945. The second kappa shape index (κ2) is 5.95. The third-order valence-corrected chi connectivity index (χ3v) is 7.72. The number of allylic oxidation sites excluding steroid dienone is 1. The number of hydrogen-bond donors (Lipinski definition) is 3. The summed E-state index contributed by atoms with van der Waals surface area (Å²) in [6.07, 6.45) is 3.53. The van der Waals surface area contributed by atoms with Crippen molar-refractivity contribution in [1.82, 2.24) is 5.06 Å². The molecule has 6 heteroatoms. The lowest BCUT2D eigenvalue weighted by molar-refractivity contribution is -0.144. The highest BCUT2D eigenvalue weighted by molar-refractivity contribution is 5.89. The highest BCUT2D eigenvalue weighted by Gasteiger charge is 2.67. The molecule has 1 aromatic rings. The van der Waals surface area contributed by atoms with Gasteiger partial charge in [-0.2, -0.15) is 0 Å². The van der Waals surface area contributed by atoms with E-state index < -0.39 is 11.4 Å². The van der Waals surface area contributed by atoms with Crippen LogP contribution in [-0.2, 0) is 9.59 Å². The Bertz CT molecular complexity index is 975. The molecule has 0 spiro atoms. The standard InChI is InChI=1S/C23H28N2O4/c1-13(26)24-15-8-6-14(7-9-15)17-12-22(4,20(27)28)18-16-10-11-23(5,21(16,2)3)19(18)25(17)29/h6-9,12,16,29H,10-11H2,1-5H3,(H,24,26)(H,27,28)/t16?,22-,23?/m0/s1. The van der Waals surface area contributed by atoms with Gasteiger partial charge in [-0.3, -0.25) is 14.8 Å². The Morgan fingerprint density at radius 1 is 1.14 bits per heavy atom. The van der Waals surface area contributed by atoms with Crippen molar-refractivity contribution in [2.24, 2.45) is 22.2 Å². The second-order valence-corrected chi connectivity index (χ2v) is 9.51. The maximum atomic E-state index is 12.4. The van der Waals surface area contributed by atoms with Crippen LogP contribution >= 0.6 is 0 Å². The summed E-state index contributed by atoms with van der Waals surface area (Å²) >= 11 is 0. The SMILES string of the molecule is CC(=O)Nc1ccc(C2=C[C@](C)(C(=O)O)C3=C(N2O)C2(C)CCC3C2(C)C)cc1. The Balaban J connectivity index is 1.84. The Kier molecular flexibility index (Phi) is 4.05. The lowest BCUT2D eigenvalue weighted by Crippen LogP contribution is -2.40. The van der Waals surface area contributed by atoms with E-state index in [2.05, 4.69) is 26.1 Å². The number of amides is 1. The van der Waals surface area contributed by atoms with Gasteiger partial charge in [-0.1, -0.05) is 32.9 Å². The van der Waals surface area contributed by atoms with Gasteiger partial charge in [0.1, 0.15) is 5.41 Å². The minimum absolute atomic E-state index is 0.123. The molecule has 1 fully saturated rings. The van der Waals surface area contributed by atoms with E-state index in [-0.39, 0.29) is 22.7 Å². The van der Waals surface area contributed by atoms with Crippen molar-refractivity contribution < 1.29 is 19.9 Å². The monoisotopic (exact) mass is 396 g/mol. The summed E-state index contributed by atoms with van der Waals surface area (Å²) in [7, 11) is 0. The molecule has 1 amide bonds. The number of anilines is 1. The quantitative estimate of drug-likeness (QED) is 0.700. The first-order chi connectivity index (χ1) is 13.4. The summed E-state index contributed by atoms with van der Waals surface area (Å²) in [5, 5.41) is 25.4. The van der Waals surface area contributed by atoms with E-state index in [0.717, 1.165) is 24.1 Å². The summed E-state index contributed by atoms with van der Waals surface area (Å²) in [4.78, 5) is 23.7. The number of benzene rings is 1. The third kappa shape index (κ3) is 2.45. The average molecular weight is 396 g/mol. The molecule has 2 bridgehead atoms. The van der Waals surface area contributed by atoms with Crippen molar-refractivity contribution in [1.29, 1.82) is 0 Å². The first kappa shape index (κ1) is 19.7. The van der Waals surface area contributed by atoms with Crippen molar-refractivity contribution in [3.05, 3.63) is 47.2 Å². The summed E-state index contributed by atoms with van der Waals surface area (Å²) in [5.41, 5.74) is 1.79. The van der Waals surface area contributed by atoms with Crippen LogP contribution in [0.4, 0.5) is 5.69 Å². The van der Waals surface area contributed by atoms with Crippen molar-refractivity contribution in [2.75, 3.05) is 5.32 Å². The largest absolute Gasteiger partial charge is 0.480 e. The number of aliphatic carboxylic acids is 1. The molecule has 1 aliphatic heterocycles. The fraction of sp³-hybridized carbons (Fsp3) is 0.478. The van der Waals surface area contributed by atoms with Crippen molar-refractivity contribution >= 4 is 23.3 Å². The molecule has 2 unspecified atom stereocenters. The minimum atomic E-state index is -1.18. The molecule has 6 nitrogen and oxygen atoms in total. The number of rotatable bonds is 3. The van der Waals surface area contributed by atoms with Crippen molar-refractivity contribution in [2.45, 2.75) is 47.5 Å². The molecule has 2 aliphatic carbocycles. The molecule has 3 aliphatic rings. The van der Waals surface area contributed by atoms with Gasteiger partial charge in [0.25, 0.3) is 0 Å². The van der Waals surface area contributed by atoms with Crippen LogP contribution in [0.5, 0.6) is 0 Å². The number of nitrogens with one attached hydrogen (secondary N) is 1. The number of fused-ring (bicyclic) bond motifs is 4. The molecule has 1 heterocycles. The average Bonchev–Trinajstić information content (AvgIpc) is 2.97. The van der Waals surface area contributed by atoms with Crippen LogP contribution < -0.4 is 5.32 Å². The Labute approximate surface area is 170 Å². The maximum absolute atomic E-state index is 12.4. The zero-order valence-corrected chi connectivity index (χ0v) is 17.5. The summed E-state index contributed by atoms with van der Waals surface area (Å²) in [6.45, 7) is 9.69. The van der Waals surface area contributed by atoms with Gasteiger partial charge in [0.05, 0.1) is 11.4 Å². The van der Waals surface area contributed by atoms with Crippen molar-refractivity contribution in [3.8, 4) is 0 Å². The number of hydroxylamine groups is 2. The van der Waals surface area contributed by atoms with Gasteiger partial charge in [0, 0.05) is 23.6 Å². The molecular weight excluding hydrogens is 368 g/mol. The Morgan fingerprint density at radius 2 is 1.76 bits per heavy atom. The van der Waals surface area contributed by atoms with Crippen LogP contribution in [0.25, 0.3) is 5.70 Å². The minimum Gasteiger partial charge on any atom is -0.480 e. The smallest absolute Gasteiger partial charge is 0.317 e. The number of carbonyl (C=O) groups is 2. The van der Waals surface area contributed by atoms with Crippen LogP contribution in [-0.4, -0.2) is 27.3 Å². The van der Waals surface area contributed by atoms with Gasteiger partial charge >= 0.3 is 5.97 Å². The topological polar surface area (TPSA) is 89.9 Å². The molecule has 154 valence electrons. The number of hydrogen-bond acceptors (Lipinski definition) is 4. The lowest BCUT2D eigenvalue weighted by Gasteiger charge is -2.43. The zero-order valence-electron chi connectivity index (χ0n) is 17.5. The van der Waals surface area contributed by atoms with Gasteiger partial charge in [0.2, 0.25) is 5.91 Å². The predicted octanol–water partition coefficient (Wildman–Crippen LogP) is 4.49. The van der Waals surface area contributed by atoms with E-state index in [9.17, 15) is 19.9 Å². The molecule has 29 heavy (non-hydrogen) atoms. The first-order valence-electron chi connectivity index (χ1n) is 10.0. The van der Waals surface area contributed by atoms with Gasteiger partial charge < -0.3 is 10.4 Å². The number of carboxylic acids is 1. The van der Waals surface area contributed by atoms with Crippen LogP contribution in [0.1, 0.15) is 53.0 Å². The third-order valence-electron chi connectivity index (χ3n) is 7.72. The van der Waals surface area contributed by atoms with E-state index in [1.54, 1.807) is 37.3 Å². The molecule has 0 radical (unpaired) electrons. The van der Waals surface area contributed by atoms with E-state index in [1.165, 1.54) is 12.0 Å². The van der Waals surface area contributed by atoms with Gasteiger partial charge in [-0.15, -0.1) is 0 Å². The summed E-state index contributed by atoms with van der Waals surface area (Å²) < 4.78 is 0. The van der Waals surface area contributed by atoms with Crippen LogP contribution in [0.3, 0.4) is 0 Å². The van der Waals surface area contributed by atoms with Crippen LogP contribution in [0, 0.1) is 22.2 Å². The van der Waals surface area contributed by atoms with Gasteiger partial charge in [-0.25, -0.2) is 5.06 Å². The molecule has 3 N–H and O–H groups in total. The fourth-order valence-electron chi connectivity index (χ4n) is 5.69. The molecule has 3 atom stereocenters. The second-order valence-electron chi connectivity index (χ2n) is 9.51. The highest BCUT2D eigenvalue weighted by Crippen LogP contribution is 2.72. The fourth-order valence-corrected chi connectivity index (χ4v) is 5.69. The zero-order chi connectivity index (χ0) is 21.4. The number of carbonyl (C=O) groups excluding carboxylic acids is 1. The lowest BCUT2D eigenvalue weighted by atomic mass is 9.68. The van der Waals surface area contributed by atoms with E-state index in [1.807, 2.05) is 0 Å². The van der Waals surface area contributed by atoms with Gasteiger partial charge in [-0.05, 0) is 54.9 Å². The maximum Gasteiger partial charge on any atom is 0.317 e. The van der Waals surface area contributed by atoms with Crippen LogP contribution in [0.15, 0.2) is 41.6 Å². The predicted molar refractivity (Wildman–Crippen MR) is 110 cm³/mol. The van der Waals surface area contributed by atoms with E-state index in [4.69, 9.17) is 0 Å². The number of nitrogens with zero attached hydrogens (tertiary/aromatic N) is 1. The molecular formula is C23H28N2O4. The first-order valence-corrected chi connectivity index (χ1v) is 10.0. The number of carboxylic acid groups (broad SMARTS) is 1. The Hall–Kier alpha value is -2.60. The molecule has 1 aromatic carbocycles. The summed E-state index contributed by atoms with van der Waals surface area (Å²) in [6, 6.07) is 7.07. The molecule has 1 saturated carbocycles. The molecule has 4 rings (SSSR count). The molecule has 0 saturated heterocycles. The van der Waals surface area contributed by atoms with E-state index in [0.29, 0.717) is 16.9 Å². The van der Waals surface area contributed by atoms with Crippen LogP contribution in [0.2, 0.25) is 0 Å². The van der Waals surface area contributed by atoms with Gasteiger partial charge in [0.15, 0.2) is 0 Å². The Morgan fingerprint density at radius 3 is 2.31 bits per heavy atom. The normalized spacial score (nSPS) is 32.1. The van der Waals surface area contributed by atoms with E-state index >= 15 is 0 Å². The molecule has 0 aromatic heterocycles.